The van der Waals surface area contributed by atoms with Crippen LogP contribution in [0.3, 0.4) is 0 Å². The molecule has 0 aromatic carbocycles. The zero-order valence-electron chi connectivity index (χ0n) is 67.2. The molecular formula is C87H163NO18. The summed E-state index contributed by atoms with van der Waals surface area (Å²) in [5.74, 6) is -0.277. The SMILES string of the molecule is CCCCCCCCCC/C=C\CCCCCCCCCCCCCCCCCCCCCCCC(=O)NC(COC1OC(CO)C(OC2OC(CO)C(OC3OC(CO)C(O)C(O)C3O)C(O)C2O)C(O)C1O)C(O)/C=C/CC/C=C/CCCCCCCCCCCCCCCCCCCCCCCC. The second-order valence-corrected chi connectivity index (χ2v) is 31.7. The van der Waals surface area contributed by atoms with E-state index in [1.165, 1.54) is 308 Å². The number of ether oxygens (including phenoxy) is 6. The molecule has 3 saturated heterocycles. The highest BCUT2D eigenvalue weighted by Crippen LogP contribution is 2.34. The van der Waals surface area contributed by atoms with Gasteiger partial charge in [-0.1, -0.05) is 352 Å². The number of amides is 1. The van der Waals surface area contributed by atoms with Gasteiger partial charge in [-0.3, -0.25) is 4.79 Å². The lowest BCUT2D eigenvalue weighted by atomic mass is 9.96. The van der Waals surface area contributed by atoms with Crippen molar-refractivity contribution < 1.29 is 89.4 Å². The normalized spacial score (nSPS) is 25.8. The third-order valence-corrected chi connectivity index (χ3v) is 22.2. The molecular weight excluding hydrogens is 1350 g/mol. The summed E-state index contributed by atoms with van der Waals surface area (Å²) in [4.78, 5) is 13.5. The van der Waals surface area contributed by atoms with Crippen molar-refractivity contribution in [2.45, 2.75) is 484 Å². The molecule has 19 nitrogen and oxygen atoms in total. The highest BCUT2D eigenvalue weighted by atomic mass is 16.8. The van der Waals surface area contributed by atoms with Crippen molar-refractivity contribution >= 4 is 5.91 Å². The Morgan fingerprint density at radius 2 is 0.604 bits per heavy atom. The molecule has 0 aromatic heterocycles. The fraction of sp³-hybridized carbons (Fsp3) is 0.920. The standard InChI is InChI=1S/C87H163NO18/c1-3-5-7-9-11-13-15-17-19-21-23-25-27-29-31-33-34-35-36-37-39-41-43-45-47-49-51-53-55-57-59-61-63-65-75(93)88-70(71(92)64-62-60-58-56-54-52-50-48-46-44-42-40-38-32-30-28-26-24-22-20-18-16-14-12-10-8-6-4-2)69-101-85-81(99)78(96)83(73(67-90)103-85)106-87-82(100)79(97)84(74(68-91)104-87)105-86-80(98)77(95)76(94)72(66-89)102-86/h21,23,54,56,62,64,70-74,76-87,89-92,94-100H,3-20,22,24-53,55,57-61,63,65-69H2,1-2H3,(H,88,93)/b23-21-,56-54+,64-62+. The van der Waals surface area contributed by atoms with E-state index in [2.05, 4.69) is 43.5 Å². The van der Waals surface area contributed by atoms with Crippen molar-refractivity contribution in [3.05, 3.63) is 36.5 Å². The molecule has 0 radical (unpaired) electrons. The van der Waals surface area contributed by atoms with Gasteiger partial charge in [-0.05, 0) is 57.8 Å². The lowest BCUT2D eigenvalue weighted by Gasteiger charge is -2.48. The first kappa shape index (κ1) is 98.2. The van der Waals surface area contributed by atoms with Crippen molar-refractivity contribution in [1.82, 2.24) is 5.32 Å². The molecule has 17 atom stereocenters. The van der Waals surface area contributed by atoms with Crippen molar-refractivity contribution in [3.8, 4) is 0 Å². The van der Waals surface area contributed by atoms with E-state index >= 15 is 0 Å². The number of allylic oxidation sites excluding steroid dienone is 5. The largest absolute Gasteiger partial charge is 0.394 e. The summed E-state index contributed by atoms with van der Waals surface area (Å²) in [6.45, 7) is 1.78. The topological polar surface area (TPSA) is 307 Å². The lowest BCUT2D eigenvalue weighted by molar-refractivity contribution is -0.379. The minimum atomic E-state index is -1.98. The van der Waals surface area contributed by atoms with Crippen LogP contribution in [0.15, 0.2) is 36.5 Å². The van der Waals surface area contributed by atoms with Crippen LogP contribution < -0.4 is 5.32 Å². The van der Waals surface area contributed by atoms with Gasteiger partial charge in [-0.2, -0.15) is 0 Å². The number of rotatable bonds is 72. The predicted octanol–water partition coefficient (Wildman–Crippen LogP) is 16.2. The number of nitrogens with one attached hydrogen (secondary N) is 1. The predicted molar refractivity (Wildman–Crippen MR) is 425 cm³/mol. The summed E-state index contributed by atoms with van der Waals surface area (Å²) in [7, 11) is 0. The number of carbonyl (C=O) groups excluding carboxylic acids is 1. The van der Waals surface area contributed by atoms with Gasteiger partial charge in [0, 0.05) is 6.42 Å². The molecule has 1 amide bonds. The monoisotopic (exact) mass is 1510 g/mol. The first-order chi connectivity index (χ1) is 51.8. The molecule has 3 heterocycles. The minimum Gasteiger partial charge on any atom is -0.394 e. The van der Waals surface area contributed by atoms with Gasteiger partial charge in [0.05, 0.1) is 38.6 Å². The summed E-state index contributed by atoms with van der Waals surface area (Å²) in [6, 6.07) is -0.990. The summed E-state index contributed by atoms with van der Waals surface area (Å²) in [5, 5.41) is 121. The molecule has 12 N–H and O–H groups in total. The van der Waals surface area contributed by atoms with Crippen molar-refractivity contribution in [2.24, 2.45) is 0 Å². The number of aliphatic hydroxyl groups is 11. The van der Waals surface area contributed by atoms with Crippen LogP contribution in [0.1, 0.15) is 380 Å². The van der Waals surface area contributed by atoms with E-state index in [1.54, 1.807) is 6.08 Å². The van der Waals surface area contributed by atoms with E-state index in [9.17, 15) is 61.0 Å². The van der Waals surface area contributed by atoms with Crippen LogP contribution in [-0.2, 0) is 33.2 Å². The van der Waals surface area contributed by atoms with E-state index in [1.807, 2.05) is 6.08 Å². The number of hydrogen-bond acceptors (Lipinski definition) is 18. The molecule has 0 bridgehead atoms. The maximum atomic E-state index is 13.5. The van der Waals surface area contributed by atoms with Crippen LogP contribution in [-0.4, -0.2) is 193 Å². The highest BCUT2D eigenvalue weighted by Gasteiger charge is 2.54. The Morgan fingerprint density at radius 3 is 0.943 bits per heavy atom. The summed E-state index contributed by atoms with van der Waals surface area (Å²) < 4.78 is 34.5. The Bertz CT molecular complexity index is 2050. The van der Waals surface area contributed by atoms with Crippen molar-refractivity contribution in [2.75, 3.05) is 26.4 Å². The van der Waals surface area contributed by atoms with Gasteiger partial charge in [-0.15, -0.1) is 0 Å². The maximum Gasteiger partial charge on any atom is 0.220 e. The Labute approximate surface area is 644 Å². The quantitative estimate of drug-likeness (QED) is 0.0199. The van der Waals surface area contributed by atoms with Gasteiger partial charge in [0.15, 0.2) is 18.9 Å². The number of hydrogen-bond donors (Lipinski definition) is 12. The van der Waals surface area contributed by atoms with Crippen LogP contribution in [0.4, 0.5) is 0 Å². The Morgan fingerprint density at radius 1 is 0.330 bits per heavy atom. The van der Waals surface area contributed by atoms with E-state index in [4.69, 9.17) is 28.4 Å². The van der Waals surface area contributed by atoms with Crippen molar-refractivity contribution in [3.63, 3.8) is 0 Å². The van der Waals surface area contributed by atoms with Crippen LogP contribution in [0, 0.1) is 0 Å². The molecule has 3 aliphatic rings. The van der Waals surface area contributed by atoms with Gasteiger partial charge in [0.25, 0.3) is 0 Å². The number of unbranched alkanes of at least 4 members (excludes halogenated alkanes) is 52. The summed E-state index contributed by atoms with van der Waals surface area (Å²) >= 11 is 0. The van der Waals surface area contributed by atoms with Gasteiger partial charge in [-0.25, -0.2) is 0 Å². The fourth-order valence-electron chi connectivity index (χ4n) is 15.1. The highest BCUT2D eigenvalue weighted by molar-refractivity contribution is 5.76. The second-order valence-electron chi connectivity index (χ2n) is 31.7. The lowest BCUT2D eigenvalue weighted by Crippen LogP contribution is -2.66. The average Bonchev–Trinajstić information content (AvgIpc) is 0.781. The molecule has 624 valence electrons. The Hall–Kier alpha value is -1.99. The van der Waals surface area contributed by atoms with Crippen LogP contribution in [0.2, 0.25) is 0 Å². The maximum absolute atomic E-state index is 13.5. The molecule has 0 aliphatic carbocycles. The average molecular weight is 1510 g/mol. The van der Waals surface area contributed by atoms with Gasteiger partial charge < -0.3 is 89.9 Å². The van der Waals surface area contributed by atoms with Crippen LogP contribution in [0.25, 0.3) is 0 Å². The fourth-order valence-corrected chi connectivity index (χ4v) is 15.1. The first-order valence-electron chi connectivity index (χ1n) is 44.2. The molecule has 106 heavy (non-hydrogen) atoms. The molecule has 0 saturated carbocycles. The third-order valence-electron chi connectivity index (χ3n) is 22.2. The van der Waals surface area contributed by atoms with E-state index in [-0.39, 0.29) is 18.9 Å². The Balaban J connectivity index is 1.34. The van der Waals surface area contributed by atoms with Crippen LogP contribution >= 0.6 is 0 Å². The minimum absolute atomic E-state index is 0.240. The molecule has 0 aromatic rings. The van der Waals surface area contributed by atoms with Crippen molar-refractivity contribution in [1.29, 1.82) is 0 Å². The zero-order valence-corrected chi connectivity index (χ0v) is 67.2. The summed E-state index contributed by atoms with van der Waals surface area (Å²) in [5.41, 5.74) is 0. The molecule has 3 fully saturated rings. The number of aliphatic hydroxyl groups excluding tert-OH is 11. The zero-order chi connectivity index (χ0) is 76.7. The number of carbonyl (C=O) groups is 1. The van der Waals surface area contributed by atoms with Gasteiger partial charge >= 0.3 is 0 Å². The third kappa shape index (κ3) is 46.3. The molecule has 3 aliphatic heterocycles. The van der Waals surface area contributed by atoms with E-state index in [0.717, 1.165) is 38.5 Å². The molecule has 17 unspecified atom stereocenters. The summed E-state index contributed by atoms with van der Waals surface area (Å²) in [6.07, 6.45) is 58.7. The first-order valence-corrected chi connectivity index (χ1v) is 44.2. The smallest absolute Gasteiger partial charge is 0.220 e. The van der Waals surface area contributed by atoms with Gasteiger partial charge in [0.2, 0.25) is 5.91 Å². The van der Waals surface area contributed by atoms with E-state index < -0.39 is 124 Å². The second kappa shape index (κ2) is 67.5. The molecule has 3 rings (SSSR count). The van der Waals surface area contributed by atoms with E-state index in [0.29, 0.717) is 12.8 Å². The molecule has 19 heteroatoms. The van der Waals surface area contributed by atoms with Crippen LogP contribution in [0.5, 0.6) is 0 Å². The Kier molecular flexibility index (Phi) is 62.5. The molecule has 0 spiro atoms. The van der Waals surface area contributed by atoms with Gasteiger partial charge in [0.1, 0.15) is 73.2 Å².